The second kappa shape index (κ2) is 5.92. The molecule has 1 aromatic heterocycles. The molecule has 24 heavy (non-hydrogen) atoms. The number of hydrogen-bond donors (Lipinski definition) is 2. The zero-order valence-electron chi connectivity index (χ0n) is 13.4. The second-order valence-corrected chi connectivity index (χ2v) is 5.99. The van der Waals surface area contributed by atoms with Crippen molar-refractivity contribution in [3.8, 4) is 11.1 Å². The summed E-state index contributed by atoms with van der Waals surface area (Å²) in [5, 5.41) is 6.02. The molecule has 120 valence electrons. The molecule has 0 unspecified atom stereocenters. The van der Waals surface area contributed by atoms with Gasteiger partial charge in [-0.15, -0.1) is 0 Å². The summed E-state index contributed by atoms with van der Waals surface area (Å²) in [6, 6.07) is 14.1. The summed E-state index contributed by atoms with van der Waals surface area (Å²) in [7, 11) is 1.86. The number of amides is 1. The number of aromatic nitrogens is 2. The van der Waals surface area contributed by atoms with E-state index in [1.165, 1.54) is 0 Å². The Balaban J connectivity index is 1.81. The van der Waals surface area contributed by atoms with E-state index < -0.39 is 0 Å². The van der Waals surface area contributed by atoms with E-state index in [4.69, 9.17) is 0 Å². The molecule has 1 saturated carbocycles. The van der Waals surface area contributed by atoms with E-state index in [-0.39, 0.29) is 11.8 Å². The molecule has 3 aromatic rings. The molecule has 0 saturated heterocycles. The van der Waals surface area contributed by atoms with Gasteiger partial charge >= 0.3 is 0 Å². The van der Waals surface area contributed by atoms with E-state index in [0.29, 0.717) is 5.82 Å². The maximum Gasteiger partial charge on any atom is 0.228 e. The summed E-state index contributed by atoms with van der Waals surface area (Å²) in [6.07, 6.45) is 3.56. The summed E-state index contributed by atoms with van der Waals surface area (Å²) >= 11 is 0. The maximum atomic E-state index is 12.0. The highest BCUT2D eigenvalue weighted by Crippen LogP contribution is 2.32. The fraction of sp³-hybridized carbons (Fsp3) is 0.211. The molecule has 1 heterocycles. The highest BCUT2D eigenvalue weighted by Gasteiger charge is 2.29. The number of fused-ring (bicyclic) bond motifs is 1. The Hall–Kier alpha value is -2.95. The summed E-state index contributed by atoms with van der Waals surface area (Å²) in [4.78, 5) is 21.2. The van der Waals surface area contributed by atoms with Crippen LogP contribution in [0, 0.1) is 5.92 Å². The Morgan fingerprint density at radius 1 is 1.08 bits per heavy atom. The van der Waals surface area contributed by atoms with Gasteiger partial charge in [-0.3, -0.25) is 9.78 Å². The van der Waals surface area contributed by atoms with Crippen LogP contribution in [-0.4, -0.2) is 22.9 Å². The highest BCUT2D eigenvalue weighted by molar-refractivity contribution is 6.00. The van der Waals surface area contributed by atoms with Gasteiger partial charge in [0.15, 0.2) is 5.82 Å². The van der Waals surface area contributed by atoms with Gasteiger partial charge in [0.2, 0.25) is 5.91 Å². The van der Waals surface area contributed by atoms with Crippen molar-refractivity contribution < 1.29 is 4.79 Å². The van der Waals surface area contributed by atoms with Crippen LogP contribution < -0.4 is 10.6 Å². The third-order valence-electron chi connectivity index (χ3n) is 4.25. The first kappa shape index (κ1) is 14.6. The minimum Gasteiger partial charge on any atom is -0.386 e. The SMILES string of the molecule is CNc1ccc(-c2ccccc2)c2ncc(NC(=O)C3CC3)nc12. The van der Waals surface area contributed by atoms with Crippen molar-refractivity contribution in [3.05, 3.63) is 48.7 Å². The van der Waals surface area contributed by atoms with Crippen LogP contribution in [0.3, 0.4) is 0 Å². The maximum absolute atomic E-state index is 12.0. The van der Waals surface area contributed by atoms with Crippen molar-refractivity contribution in [1.82, 2.24) is 9.97 Å². The van der Waals surface area contributed by atoms with Gasteiger partial charge in [0.1, 0.15) is 5.52 Å². The van der Waals surface area contributed by atoms with Crippen LogP contribution in [0.1, 0.15) is 12.8 Å². The summed E-state index contributed by atoms with van der Waals surface area (Å²) < 4.78 is 0. The van der Waals surface area contributed by atoms with Crippen LogP contribution in [0.25, 0.3) is 22.2 Å². The van der Waals surface area contributed by atoms with Crippen LogP contribution in [0.2, 0.25) is 0 Å². The smallest absolute Gasteiger partial charge is 0.228 e. The molecule has 2 N–H and O–H groups in total. The Morgan fingerprint density at radius 3 is 2.58 bits per heavy atom. The first-order valence-electron chi connectivity index (χ1n) is 8.10. The Kier molecular flexibility index (Phi) is 3.61. The number of carbonyl (C=O) groups excluding carboxylic acids is 1. The lowest BCUT2D eigenvalue weighted by molar-refractivity contribution is -0.117. The number of nitrogens with one attached hydrogen (secondary N) is 2. The molecular formula is C19H18N4O. The van der Waals surface area contributed by atoms with Crippen LogP contribution >= 0.6 is 0 Å². The Bertz CT molecular complexity index is 904. The van der Waals surface area contributed by atoms with Crippen molar-refractivity contribution in [1.29, 1.82) is 0 Å². The molecule has 5 nitrogen and oxygen atoms in total. The van der Waals surface area contributed by atoms with E-state index in [9.17, 15) is 4.79 Å². The molecule has 5 heteroatoms. The third kappa shape index (κ3) is 2.69. The topological polar surface area (TPSA) is 66.9 Å². The second-order valence-electron chi connectivity index (χ2n) is 5.99. The minimum atomic E-state index is 0.0360. The summed E-state index contributed by atoms with van der Waals surface area (Å²) in [6.45, 7) is 0. The van der Waals surface area contributed by atoms with Crippen molar-refractivity contribution in [2.75, 3.05) is 17.7 Å². The monoisotopic (exact) mass is 318 g/mol. The van der Waals surface area contributed by atoms with Gasteiger partial charge in [-0.2, -0.15) is 0 Å². The normalized spacial score (nSPS) is 13.7. The number of benzene rings is 2. The summed E-state index contributed by atoms with van der Waals surface area (Å²) in [5.74, 6) is 0.678. The molecule has 0 radical (unpaired) electrons. The lowest BCUT2D eigenvalue weighted by atomic mass is 10.0. The lowest BCUT2D eigenvalue weighted by Crippen LogP contribution is -2.14. The number of anilines is 2. The summed E-state index contributed by atoms with van der Waals surface area (Å²) in [5.41, 5.74) is 4.58. The van der Waals surface area contributed by atoms with Crippen molar-refractivity contribution >= 4 is 28.4 Å². The fourth-order valence-corrected chi connectivity index (χ4v) is 2.78. The van der Waals surface area contributed by atoms with Crippen molar-refractivity contribution in [2.24, 2.45) is 5.92 Å². The standard InChI is InChI=1S/C19H18N4O/c1-20-15-10-9-14(12-5-3-2-4-6-12)17-18(15)22-16(11-21-17)23-19(24)13-7-8-13/h2-6,9-11,13,20H,7-8H2,1H3,(H,22,23,24). The van der Waals surface area contributed by atoms with Crippen molar-refractivity contribution in [3.63, 3.8) is 0 Å². The predicted molar refractivity (Wildman–Crippen MR) is 95.9 cm³/mol. The quantitative estimate of drug-likeness (QED) is 0.770. The Morgan fingerprint density at radius 2 is 1.88 bits per heavy atom. The van der Waals surface area contributed by atoms with E-state index in [2.05, 4.69) is 32.7 Å². The largest absolute Gasteiger partial charge is 0.386 e. The van der Waals surface area contributed by atoms with Crippen LogP contribution in [0.15, 0.2) is 48.7 Å². The number of hydrogen-bond acceptors (Lipinski definition) is 4. The molecule has 1 aliphatic carbocycles. The molecule has 1 aliphatic rings. The van der Waals surface area contributed by atoms with Gasteiger partial charge in [0.25, 0.3) is 0 Å². The molecule has 0 aliphatic heterocycles. The zero-order valence-corrected chi connectivity index (χ0v) is 13.4. The lowest BCUT2D eigenvalue weighted by Gasteiger charge is -2.11. The van der Waals surface area contributed by atoms with Crippen LogP contribution in [0.4, 0.5) is 11.5 Å². The van der Waals surface area contributed by atoms with E-state index >= 15 is 0 Å². The fourth-order valence-electron chi connectivity index (χ4n) is 2.78. The molecule has 2 aromatic carbocycles. The Labute approximate surface area is 140 Å². The minimum absolute atomic E-state index is 0.0360. The third-order valence-corrected chi connectivity index (χ3v) is 4.25. The van der Waals surface area contributed by atoms with Crippen molar-refractivity contribution in [2.45, 2.75) is 12.8 Å². The van der Waals surface area contributed by atoms with Gasteiger partial charge in [-0.25, -0.2) is 4.98 Å². The average molecular weight is 318 g/mol. The van der Waals surface area contributed by atoms with Crippen LogP contribution in [-0.2, 0) is 4.79 Å². The molecule has 0 spiro atoms. The molecule has 1 fully saturated rings. The first-order valence-corrected chi connectivity index (χ1v) is 8.10. The number of rotatable bonds is 4. The number of nitrogens with zero attached hydrogens (tertiary/aromatic N) is 2. The molecule has 0 bridgehead atoms. The van der Waals surface area contributed by atoms with Crippen LogP contribution in [0.5, 0.6) is 0 Å². The molecule has 0 atom stereocenters. The highest BCUT2D eigenvalue weighted by atomic mass is 16.2. The predicted octanol–water partition coefficient (Wildman–Crippen LogP) is 3.69. The zero-order chi connectivity index (χ0) is 16.5. The van der Waals surface area contributed by atoms with Gasteiger partial charge in [-0.05, 0) is 30.5 Å². The van der Waals surface area contributed by atoms with Gasteiger partial charge in [0.05, 0.1) is 17.4 Å². The number of carbonyl (C=O) groups is 1. The molecule has 1 amide bonds. The average Bonchev–Trinajstić information content (AvgIpc) is 3.46. The first-order chi connectivity index (χ1) is 11.8. The van der Waals surface area contributed by atoms with Gasteiger partial charge in [-0.1, -0.05) is 30.3 Å². The van der Waals surface area contributed by atoms with E-state index in [0.717, 1.165) is 40.7 Å². The van der Waals surface area contributed by atoms with Gasteiger partial charge in [0, 0.05) is 18.5 Å². The molecule has 4 rings (SSSR count). The van der Waals surface area contributed by atoms with E-state index in [1.54, 1.807) is 6.20 Å². The van der Waals surface area contributed by atoms with Gasteiger partial charge < -0.3 is 10.6 Å². The van der Waals surface area contributed by atoms with E-state index in [1.807, 2.05) is 37.4 Å². The molecular weight excluding hydrogens is 300 g/mol.